The first-order valence-electron chi connectivity index (χ1n) is 24.8. The summed E-state index contributed by atoms with van der Waals surface area (Å²) in [6, 6.07) is 0. The van der Waals surface area contributed by atoms with Crippen LogP contribution < -0.4 is 4.89 Å². The molecular formula is C52H92NO9P. The van der Waals surface area contributed by atoms with Crippen LogP contribution in [-0.4, -0.2) is 81.2 Å². The molecule has 0 aromatic rings. The molecule has 0 saturated carbocycles. The van der Waals surface area contributed by atoms with Crippen LogP contribution in [0.5, 0.6) is 0 Å². The van der Waals surface area contributed by atoms with E-state index in [-0.39, 0.29) is 26.1 Å². The summed E-state index contributed by atoms with van der Waals surface area (Å²) in [5.41, 5.74) is 0. The SMILES string of the molecule is CC/C=C\C/C=C\CC(O)/C=C/C=C\C/C=C\C/C=C\CCC(=O)O[C@H](COC(=O)CCCCCCCCCCCCCCCCCCCCC)COP(=O)([O-])OCC[N+](C)(C)C. The Balaban J connectivity index is 4.44. The number of esters is 2. The Labute approximate surface area is 385 Å². The summed E-state index contributed by atoms with van der Waals surface area (Å²) in [6.07, 6.45) is 51.2. The predicted molar refractivity (Wildman–Crippen MR) is 260 cm³/mol. The molecule has 0 fully saturated rings. The zero-order valence-electron chi connectivity index (χ0n) is 40.6. The number of quaternary nitrogens is 1. The normalized spacial score (nSPS) is 14.6. The number of nitrogens with zero attached hydrogens (tertiary/aromatic N) is 1. The standard InChI is InChI=1S/C52H92NO9P/c1-6-8-10-12-14-15-16-17-18-19-20-21-22-23-24-28-31-35-39-43-51(55)59-47-50(48-61-63(57,58)60-46-45-53(3,4)5)62-52(56)44-40-36-32-29-26-25-27-30-34-38-42-49(54)41-37-33-13-11-9-7-2/h9,11,25-26,30,32-34,36-38,42,49-50,54H,6-8,10,12-24,27-29,31,35,39-41,43-48H2,1-5H3/b11-9-,26-25-,34-30-,36-32-,37-33-,42-38+/t49?,50-/m1/s1. The monoisotopic (exact) mass is 906 g/mol. The molecule has 3 atom stereocenters. The number of hydrogen-bond acceptors (Lipinski definition) is 9. The lowest BCUT2D eigenvalue weighted by atomic mass is 10.0. The number of hydrogen-bond donors (Lipinski definition) is 1. The second kappa shape index (κ2) is 43.3. The number of likely N-dealkylation sites (N-methyl/N-ethyl adjacent to an activating group) is 1. The van der Waals surface area contributed by atoms with Gasteiger partial charge >= 0.3 is 11.9 Å². The number of allylic oxidation sites excluding steroid dienone is 10. The van der Waals surface area contributed by atoms with Gasteiger partial charge in [0, 0.05) is 12.8 Å². The van der Waals surface area contributed by atoms with E-state index in [2.05, 4.69) is 32.1 Å². The molecule has 364 valence electrons. The van der Waals surface area contributed by atoms with E-state index in [4.69, 9.17) is 18.5 Å². The van der Waals surface area contributed by atoms with Crippen LogP contribution in [0.4, 0.5) is 0 Å². The molecule has 0 heterocycles. The van der Waals surface area contributed by atoms with Crippen LogP contribution >= 0.6 is 7.82 Å². The second-order valence-electron chi connectivity index (χ2n) is 17.7. The van der Waals surface area contributed by atoms with Crippen LogP contribution in [0.15, 0.2) is 72.9 Å². The molecule has 0 rings (SSSR count). The molecule has 0 aromatic heterocycles. The summed E-state index contributed by atoms with van der Waals surface area (Å²) >= 11 is 0. The van der Waals surface area contributed by atoms with Crippen molar-refractivity contribution in [2.75, 3.05) is 47.5 Å². The zero-order valence-corrected chi connectivity index (χ0v) is 41.5. The number of phosphoric ester groups is 1. The minimum atomic E-state index is -4.66. The molecule has 0 aliphatic rings. The predicted octanol–water partition coefficient (Wildman–Crippen LogP) is 12.9. The Kier molecular flexibility index (Phi) is 41.5. The van der Waals surface area contributed by atoms with E-state index in [9.17, 15) is 24.2 Å². The maximum Gasteiger partial charge on any atom is 0.306 e. The van der Waals surface area contributed by atoms with E-state index < -0.39 is 38.6 Å². The Bertz CT molecular complexity index is 1320. The first-order valence-corrected chi connectivity index (χ1v) is 26.2. The third-order valence-electron chi connectivity index (χ3n) is 10.3. The molecule has 1 N–H and O–H groups in total. The van der Waals surface area contributed by atoms with Crippen molar-refractivity contribution < 1.29 is 47.2 Å². The van der Waals surface area contributed by atoms with E-state index >= 15 is 0 Å². The van der Waals surface area contributed by atoms with Gasteiger partial charge in [-0.3, -0.25) is 14.2 Å². The fraction of sp³-hybridized carbons (Fsp3) is 0.731. The number of carbonyl (C=O) groups excluding carboxylic acids is 2. The fourth-order valence-electron chi connectivity index (χ4n) is 6.47. The average Bonchev–Trinajstić information content (AvgIpc) is 3.23. The number of carbonyl (C=O) groups is 2. The highest BCUT2D eigenvalue weighted by Gasteiger charge is 2.21. The van der Waals surface area contributed by atoms with Gasteiger partial charge in [-0.15, -0.1) is 0 Å². The molecule has 0 spiro atoms. The van der Waals surface area contributed by atoms with Gasteiger partial charge in [-0.25, -0.2) is 0 Å². The molecule has 0 amide bonds. The molecule has 0 aliphatic carbocycles. The number of ether oxygens (including phenoxy) is 2. The van der Waals surface area contributed by atoms with Crippen molar-refractivity contribution in [2.24, 2.45) is 0 Å². The molecule has 0 bridgehead atoms. The van der Waals surface area contributed by atoms with Crippen molar-refractivity contribution in [3.8, 4) is 0 Å². The third kappa shape index (κ3) is 47.2. The summed E-state index contributed by atoms with van der Waals surface area (Å²) < 4.78 is 33.9. The topological polar surface area (TPSA) is 131 Å². The van der Waals surface area contributed by atoms with Crippen molar-refractivity contribution in [1.29, 1.82) is 0 Å². The lowest BCUT2D eigenvalue weighted by Crippen LogP contribution is -2.37. The third-order valence-corrected chi connectivity index (χ3v) is 11.3. The van der Waals surface area contributed by atoms with Crippen LogP contribution in [0, 0.1) is 0 Å². The Hall–Kier alpha value is -2.59. The first-order chi connectivity index (χ1) is 30.4. The fourth-order valence-corrected chi connectivity index (χ4v) is 7.20. The van der Waals surface area contributed by atoms with Crippen LogP contribution in [0.1, 0.15) is 187 Å². The molecule has 2 unspecified atom stereocenters. The van der Waals surface area contributed by atoms with E-state index in [0.29, 0.717) is 36.7 Å². The first kappa shape index (κ1) is 60.4. The maximum absolute atomic E-state index is 12.7. The molecule has 0 aromatic carbocycles. The summed E-state index contributed by atoms with van der Waals surface area (Å²) in [5, 5.41) is 10.0. The van der Waals surface area contributed by atoms with Gasteiger partial charge in [-0.2, -0.15) is 0 Å². The summed E-state index contributed by atoms with van der Waals surface area (Å²) in [7, 11) is 1.08. The van der Waals surface area contributed by atoms with E-state index in [1.54, 1.807) is 6.08 Å². The maximum atomic E-state index is 12.7. The lowest BCUT2D eigenvalue weighted by molar-refractivity contribution is -0.870. The van der Waals surface area contributed by atoms with Gasteiger partial charge in [0.2, 0.25) is 0 Å². The van der Waals surface area contributed by atoms with Crippen molar-refractivity contribution in [3.63, 3.8) is 0 Å². The largest absolute Gasteiger partial charge is 0.756 e. The highest BCUT2D eigenvalue weighted by molar-refractivity contribution is 7.45. The summed E-state index contributed by atoms with van der Waals surface area (Å²) in [5.74, 6) is -0.960. The van der Waals surface area contributed by atoms with Crippen LogP contribution in [0.2, 0.25) is 0 Å². The van der Waals surface area contributed by atoms with Crippen LogP contribution in [0.3, 0.4) is 0 Å². The van der Waals surface area contributed by atoms with Gasteiger partial charge in [-0.1, -0.05) is 202 Å². The molecule has 63 heavy (non-hydrogen) atoms. The highest BCUT2D eigenvalue weighted by Crippen LogP contribution is 2.38. The van der Waals surface area contributed by atoms with Gasteiger partial charge in [0.1, 0.15) is 19.8 Å². The molecule has 10 nitrogen and oxygen atoms in total. The lowest BCUT2D eigenvalue weighted by Gasteiger charge is -2.28. The highest BCUT2D eigenvalue weighted by atomic mass is 31.2. The van der Waals surface area contributed by atoms with Crippen LogP contribution in [0.25, 0.3) is 0 Å². The number of phosphoric acid groups is 1. The Morgan fingerprint density at radius 2 is 1.11 bits per heavy atom. The van der Waals surface area contributed by atoms with Gasteiger partial charge in [-0.05, 0) is 44.9 Å². The Morgan fingerprint density at radius 1 is 0.603 bits per heavy atom. The number of aliphatic hydroxyl groups excluding tert-OH is 1. The second-order valence-corrected chi connectivity index (χ2v) is 19.1. The van der Waals surface area contributed by atoms with Crippen molar-refractivity contribution in [3.05, 3.63) is 72.9 Å². The smallest absolute Gasteiger partial charge is 0.306 e. The van der Waals surface area contributed by atoms with E-state index in [1.807, 2.05) is 69.8 Å². The molecule has 11 heteroatoms. The molecule has 0 saturated heterocycles. The number of unbranched alkanes of at least 4 members (excludes halogenated alkanes) is 18. The van der Waals surface area contributed by atoms with Crippen molar-refractivity contribution >= 4 is 19.8 Å². The molecular weight excluding hydrogens is 814 g/mol. The van der Waals surface area contributed by atoms with E-state index in [0.717, 1.165) is 32.1 Å². The minimum absolute atomic E-state index is 0.0557. The quantitative estimate of drug-likeness (QED) is 0.0158. The van der Waals surface area contributed by atoms with Crippen molar-refractivity contribution in [1.82, 2.24) is 0 Å². The summed E-state index contributed by atoms with van der Waals surface area (Å²) in [4.78, 5) is 37.6. The van der Waals surface area contributed by atoms with E-state index in [1.165, 1.54) is 103 Å². The number of aliphatic hydroxyl groups is 1. The number of rotatable bonds is 44. The van der Waals surface area contributed by atoms with Crippen LogP contribution in [-0.2, 0) is 32.7 Å². The van der Waals surface area contributed by atoms with Gasteiger partial charge in [0.05, 0.1) is 33.9 Å². The summed E-state index contributed by atoms with van der Waals surface area (Å²) in [6.45, 7) is 3.96. The zero-order chi connectivity index (χ0) is 46.5. The minimum Gasteiger partial charge on any atom is -0.756 e. The van der Waals surface area contributed by atoms with Gasteiger partial charge in [0.15, 0.2) is 6.10 Å². The average molecular weight is 906 g/mol. The molecule has 0 radical (unpaired) electrons. The van der Waals surface area contributed by atoms with Gasteiger partial charge < -0.3 is 33.0 Å². The van der Waals surface area contributed by atoms with Crippen molar-refractivity contribution in [2.45, 2.75) is 199 Å². The van der Waals surface area contributed by atoms with Gasteiger partial charge in [0.25, 0.3) is 7.82 Å². The Morgan fingerprint density at radius 3 is 1.67 bits per heavy atom. The molecule has 0 aliphatic heterocycles.